The van der Waals surface area contributed by atoms with Gasteiger partial charge in [-0.2, -0.15) is 26.3 Å². The van der Waals surface area contributed by atoms with Crippen molar-refractivity contribution in [2.24, 2.45) is 0 Å². The van der Waals surface area contributed by atoms with Gasteiger partial charge in [0.2, 0.25) is 5.82 Å². The molecule has 0 spiro atoms. The first kappa shape index (κ1) is 16.8. The Morgan fingerprint density at radius 3 is 2.10 bits per heavy atom. The van der Waals surface area contributed by atoms with Gasteiger partial charge in [-0.25, -0.2) is 9.97 Å². The maximum Gasteiger partial charge on any atom is 0.451 e. The molecule has 0 fully saturated rings. The predicted octanol–water partition coefficient (Wildman–Crippen LogP) is 3.93. The van der Waals surface area contributed by atoms with E-state index < -0.39 is 41.7 Å². The lowest BCUT2D eigenvalue weighted by Crippen LogP contribution is -2.40. The maximum atomic E-state index is 12.5. The largest absolute Gasteiger partial charge is 0.451 e. The van der Waals surface area contributed by atoms with Gasteiger partial charge < -0.3 is 4.90 Å². The summed E-state index contributed by atoms with van der Waals surface area (Å²) in [5.41, 5.74) is 0. The van der Waals surface area contributed by atoms with Crippen LogP contribution in [0.15, 0.2) is 6.07 Å². The molecule has 114 valence electrons. The fourth-order valence-electron chi connectivity index (χ4n) is 1.40. The van der Waals surface area contributed by atoms with Crippen LogP contribution < -0.4 is 4.90 Å². The molecule has 0 unspecified atom stereocenters. The van der Waals surface area contributed by atoms with Gasteiger partial charge in [-0.15, -0.1) is 0 Å². The highest BCUT2D eigenvalue weighted by Gasteiger charge is 2.37. The topological polar surface area (TPSA) is 29.0 Å². The van der Waals surface area contributed by atoms with Crippen LogP contribution in [0.3, 0.4) is 0 Å². The van der Waals surface area contributed by atoms with E-state index in [2.05, 4.69) is 9.97 Å². The molecule has 0 aliphatic carbocycles. The van der Waals surface area contributed by atoms with Crippen LogP contribution in [0.4, 0.5) is 32.2 Å². The van der Waals surface area contributed by atoms with E-state index in [9.17, 15) is 26.3 Å². The summed E-state index contributed by atoms with van der Waals surface area (Å²) in [6, 6.07) is 0.145. The second-order valence-corrected chi connectivity index (χ2v) is 4.59. The molecular weight excluding hydrogens is 312 g/mol. The average molecular weight is 322 g/mol. The Kier molecular flexibility index (Phi) is 4.73. The Morgan fingerprint density at radius 2 is 1.70 bits per heavy atom. The molecule has 0 aromatic carbocycles. The lowest BCUT2D eigenvalue weighted by molar-refractivity contribution is -0.144. The zero-order chi connectivity index (χ0) is 15.7. The van der Waals surface area contributed by atoms with Crippen molar-refractivity contribution in [2.45, 2.75) is 32.2 Å². The minimum absolute atomic E-state index is 0.523. The molecule has 1 aromatic rings. The second-order valence-electron chi connectivity index (χ2n) is 4.21. The molecule has 0 aliphatic rings. The number of rotatable bonds is 3. The Balaban J connectivity index is 3.24. The summed E-state index contributed by atoms with van der Waals surface area (Å²) in [5.74, 6) is -2.10. The first-order valence-electron chi connectivity index (χ1n) is 5.35. The molecule has 20 heavy (non-hydrogen) atoms. The highest BCUT2D eigenvalue weighted by molar-refractivity contribution is 6.29. The highest BCUT2D eigenvalue weighted by atomic mass is 35.5. The van der Waals surface area contributed by atoms with Gasteiger partial charge in [-0.1, -0.05) is 11.6 Å². The Morgan fingerprint density at radius 1 is 1.15 bits per heavy atom. The van der Waals surface area contributed by atoms with E-state index in [1.807, 2.05) is 0 Å². The number of alkyl halides is 6. The molecule has 0 saturated heterocycles. The van der Waals surface area contributed by atoms with E-state index in [4.69, 9.17) is 11.6 Å². The van der Waals surface area contributed by atoms with Crippen molar-refractivity contribution in [3.63, 3.8) is 0 Å². The van der Waals surface area contributed by atoms with Crippen molar-refractivity contribution in [3.05, 3.63) is 17.0 Å². The monoisotopic (exact) mass is 321 g/mol. The predicted molar refractivity (Wildman–Crippen MR) is 60.6 cm³/mol. The first-order valence-corrected chi connectivity index (χ1v) is 5.73. The number of hydrogen-bond acceptors (Lipinski definition) is 3. The summed E-state index contributed by atoms with van der Waals surface area (Å²) in [4.78, 5) is 6.75. The average Bonchev–Trinajstić information content (AvgIpc) is 2.22. The van der Waals surface area contributed by atoms with Gasteiger partial charge in [0, 0.05) is 12.1 Å². The van der Waals surface area contributed by atoms with Crippen LogP contribution in [0.2, 0.25) is 5.15 Å². The third-order valence-corrected chi connectivity index (χ3v) is 2.40. The fraction of sp³-hybridized carbons (Fsp3) is 0.600. The number of halogens is 7. The SMILES string of the molecule is CC(C)N(CC(F)(F)F)c1cc(Cl)nc(C(F)(F)F)n1. The van der Waals surface area contributed by atoms with Crippen molar-refractivity contribution in [2.75, 3.05) is 11.4 Å². The summed E-state index contributed by atoms with van der Waals surface area (Å²) >= 11 is 5.42. The van der Waals surface area contributed by atoms with Crippen molar-refractivity contribution in [1.82, 2.24) is 9.97 Å². The lowest BCUT2D eigenvalue weighted by Gasteiger charge is -2.29. The van der Waals surface area contributed by atoms with Gasteiger partial charge >= 0.3 is 12.4 Å². The van der Waals surface area contributed by atoms with Crippen LogP contribution in [-0.4, -0.2) is 28.7 Å². The molecule has 10 heteroatoms. The zero-order valence-electron chi connectivity index (χ0n) is 10.3. The third kappa shape index (κ3) is 4.69. The molecule has 1 aromatic heterocycles. The molecule has 0 atom stereocenters. The van der Waals surface area contributed by atoms with E-state index in [1.165, 1.54) is 13.8 Å². The van der Waals surface area contributed by atoms with Crippen LogP contribution in [0.1, 0.15) is 19.7 Å². The zero-order valence-corrected chi connectivity index (χ0v) is 11.1. The Labute approximate surface area is 115 Å². The van der Waals surface area contributed by atoms with Crippen LogP contribution in [-0.2, 0) is 6.18 Å². The van der Waals surface area contributed by atoms with Crippen molar-refractivity contribution in [1.29, 1.82) is 0 Å². The number of anilines is 1. The molecule has 0 saturated carbocycles. The molecule has 0 aliphatic heterocycles. The summed E-state index contributed by atoms with van der Waals surface area (Å²) in [6.45, 7) is 1.36. The first-order chi connectivity index (χ1) is 8.90. The molecule has 0 radical (unpaired) electrons. The van der Waals surface area contributed by atoms with Crippen LogP contribution in [0.25, 0.3) is 0 Å². The second kappa shape index (κ2) is 5.63. The van der Waals surface area contributed by atoms with Crippen LogP contribution in [0, 0.1) is 0 Å². The Hall–Kier alpha value is -1.25. The molecule has 0 amide bonds. The number of aromatic nitrogens is 2. The van der Waals surface area contributed by atoms with E-state index in [1.54, 1.807) is 0 Å². The van der Waals surface area contributed by atoms with Gasteiger partial charge in [0.1, 0.15) is 17.5 Å². The van der Waals surface area contributed by atoms with Crippen molar-refractivity contribution < 1.29 is 26.3 Å². The third-order valence-electron chi connectivity index (χ3n) is 2.20. The lowest BCUT2D eigenvalue weighted by atomic mass is 10.3. The summed E-state index contributed by atoms with van der Waals surface area (Å²) in [6.07, 6.45) is -9.47. The standard InChI is InChI=1S/C10H10ClF6N3/c1-5(2)20(4-9(12,13)14)7-3-6(11)18-8(19-7)10(15,16)17/h3,5H,4H2,1-2H3. The van der Waals surface area contributed by atoms with Crippen LogP contribution >= 0.6 is 11.6 Å². The summed E-state index contributed by atoms with van der Waals surface area (Å²) in [5, 5.41) is -0.574. The fourth-order valence-corrected chi connectivity index (χ4v) is 1.58. The van der Waals surface area contributed by atoms with E-state index in [-0.39, 0.29) is 0 Å². The number of hydrogen-bond donors (Lipinski definition) is 0. The van der Waals surface area contributed by atoms with Crippen molar-refractivity contribution in [3.8, 4) is 0 Å². The Bertz CT molecular complexity index is 471. The van der Waals surface area contributed by atoms with Crippen LogP contribution in [0.5, 0.6) is 0 Å². The smallest absolute Gasteiger partial charge is 0.345 e. The number of nitrogens with zero attached hydrogens (tertiary/aromatic N) is 3. The molecular formula is C10H10ClF6N3. The van der Waals surface area contributed by atoms with Gasteiger partial charge in [0.15, 0.2) is 0 Å². The summed E-state index contributed by atoms with van der Waals surface area (Å²) < 4.78 is 74.9. The molecule has 1 rings (SSSR count). The molecule has 0 bridgehead atoms. The molecule has 1 heterocycles. The molecule has 3 nitrogen and oxygen atoms in total. The van der Waals surface area contributed by atoms with Gasteiger partial charge in [-0.3, -0.25) is 0 Å². The maximum absolute atomic E-state index is 12.5. The minimum Gasteiger partial charge on any atom is -0.345 e. The minimum atomic E-state index is -4.89. The summed E-state index contributed by atoms with van der Waals surface area (Å²) in [7, 11) is 0. The quantitative estimate of drug-likeness (QED) is 0.624. The highest BCUT2D eigenvalue weighted by Crippen LogP contribution is 2.30. The molecule has 0 N–H and O–H groups in total. The van der Waals surface area contributed by atoms with Gasteiger partial charge in [0.25, 0.3) is 0 Å². The van der Waals surface area contributed by atoms with Crippen molar-refractivity contribution >= 4 is 17.4 Å². The van der Waals surface area contributed by atoms with E-state index >= 15 is 0 Å². The normalized spacial score (nSPS) is 12.9. The van der Waals surface area contributed by atoms with E-state index in [0.29, 0.717) is 4.90 Å². The van der Waals surface area contributed by atoms with E-state index in [0.717, 1.165) is 6.07 Å². The van der Waals surface area contributed by atoms with Gasteiger partial charge in [-0.05, 0) is 13.8 Å². The van der Waals surface area contributed by atoms with Gasteiger partial charge in [0.05, 0.1) is 0 Å².